The largest absolute Gasteiger partial charge is 0.369 e. The van der Waals surface area contributed by atoms with Gasteiger partial charge in [-0.25, -0.2) is 4.68 Å². The van der Waals surface area contributed by atoms with Gasteiger partial charge in [-0.2, -0.15) is 5.10 Å². The van der Waals surface area contributed by atoms with Crippen LogP contribution in [0.5, 0.6) is 0 Å². The van der Waals surface area contributed by atoms with Crippen LogP contribution in [0.25, 0.3) is 22.2 Å². The van der Waals surface area contributed by atoms with E-state index in [4.69, 9.17) is 5.10 Å². The maximum atomic E-state index is 13.1. The van der Waals surface area contributed by atoms with Crippen molar-refractivity contribution in [1.29, 1.82) is 0 Å². The molecule has 3 heterocycles. The highest BCUT2D eigenvalue weighted by Gasteiger charge is 2.30. The van der Waals surface area contributed by atoms with Crippen LogP contribution in [0.3, 0.4) is 0 Å². The Morgan fingerprint density at radius 1 is 1.14 bits per heavy atom. The summed E-state index contributed by atoms with van der Waals surface area (Å²) >= 11 is 0. The number of rotatable bonds is 2. The average molecular weight is 375 g/mol. The van der Waals surface area contributed by atoms with Gasteiger partial charge in [0.15, 0.2) is 0 Å². The molecule has 0 spiro atoms. The lowest BCUT2D eigenvalue weighted by atomic mass is 9.94. The Labute approximate surface area is 164 Å². The molecule has 3 aliphatic heterocycles. The monoisotopic (exact) mass is 375 g/mol. The molecule has 1 aliphatic carbocycles. The predicted octanol–water partition coefficient (Wildman–Crippen LogP) is 2.81. The Morgan fingerprint density at radius 2 is 1.96 bits per heavy atom. The molecule has 5 rings (SSSR count). The molecule has 1 fully saturated rings. The highest BCUT2D eigenvalue weighted by Crippen LogP contribution is 2.32. The molecule has 0 bridgehead atoms. The van der Waals surface area contributed by atoms with Gasteiger partial charge in [-0.15, -0.1) is 0 Å². The Kier molecular flexibility index (Phi) is 3.91. The van der Waals surface area contributed by atoms with Crippen molar-refractivity contribution in [3.8, 4) is 11.3 Å². The summed E-state index contributed by atoms with van der Waals surface area (Å²) in [6.45, 7) is 6.20. The third-order valence-corrected chi connectivity index (χ3v) is 6.09. The van der Waals surface area contributed by atoms with Crippen LogP contribution in [0.15, 0.2) is 53.5 Å². The number of allylic oxidation sites excluding steroid dienone is 4. The van der Waals surface area contributed by atoms with Gasteiger partial charge >= 0.3 is 0 Å². The normalized spacial score (nSPS) is 23.1. The molecule has 0 saturated carbocycles. The van der Waals surface area contributed by atoms with Crippen molar-refractivity contribution in [1.82, 2.24) is 19.7 Å². The van der Waals surface area contributed by atoms with Crippen molar-refractivity contribution in [2.75, 3.05) is 38.1 Å². The molecule has 28 heavy (non-hydrogen) atoms. The fraction of sp³-hybridized carbons (Fsp3) is 0.364. The first-order valence-electron chi connectivity index (χ1n) is 9.88. The van der Waals surface area contributed by atoms with Crippen molar-refractivity contribution in [2.24, 2.45) is 0 Å². The summed E-state index contributed by atoms with van der Waals surface area (Å²) in [5.74, 6) is 0. The summed E-state index contributed by atoms with van der Waals surface area (Å²) in [4.78, 5) is 21.1. The molecular formula is C22H25N5O. The van der Waals surface area contributed by atoms with E-state index in [0.29, 0.717) is 5.56 Å². The third kappa shape index (κ3) is 2.67. The highest BCUT2D eigenvalue weighted by atomic mass is 16.1. The summed E-state index contributed by atoms with van der Waals surface area (Å²) in [7, 11) is 2.16. The van der Waals surface area contributed by atoms with Gasteiger partial charge in [0, 0.05) is 49.0 Å². The number of pyridine rings is 1. The van der Waals surface area contributed by atoms with Crippen molar-refractivity contribution in [3.63, 3.8) is 0 Å². The number of nitrogens with one attached hydrogen (secondary N) is 1. The van der Waals surface area contributed by atoms with E-state index in [-0.39, 0.29) is 5.56 Å². The van der Waals surface area contributed by atoms with E-state index in [0.717, 1.165) is 49.2 Å². The zero-order valence-electron chi connectivity index (χ0n) is 16.4. The summed E-state index contributed by atoms with van der Waals surface area (Å²) in [5.41, 5.74) is 3.15. The Balaban J connectivity index is 1.64. The van der Waals surface area contributed by atoms with Crippen molar-refractivity contribution >= 4 is 16.6 Å². The fourth-order valence-electron chi connectivity index (χ4n) is 4.23. The van der Waals surface area contributed by atoms with Crippen LogP contribution in [-0.2, 0) is 5.54 Å². The van der Waals surface area contributed by atoms with E-state index >= 15 is 0 Å². The minimum absolute atomic E-state index is 0.0411. The number of piperazine rings is 1. The number of nitrogens with zero attached hydrogens (tertiary/aromatic N) is 4. The summed E-state index contributed by atoms with van der Waals surface area (Å²) in [6.07, 6.45) is 10.7. The molecule has 1 aromatic rings. The second-order valence-corrected chi connectivity index (χ2v) is 8.14. The predicted molar refractivity (Wildman–Crippen MR) is 113 cm³/mol. The summed E-state index contributed by atoms with van der Waals surface area (Å²) < 4.78 is 1.65. The molecule has 1 unspecified atom stereocenters. The average Bonchev–Trinajstić information content (AvgIpc) is 3.07. The van der Waals surface area contributed by atoms with Gasteiger partial charge in [0.1, 0.15) is 5.69 Å². The molecule has 0 aromatic heterocycles. The summed E-state index contributed by atoms with van der Waals surface area (Å²) in [6, 6.07) is 6.42. The molecule has 1 atom stereocenters. The van der Waals surface area contributed by atoms with Crippen LogP contribution in [-0.4, -0.2) is 52.9 Å². The first-order valence-corrected chi connectivity index (χ1v) is 9.88. The number of hydrogen-bond acceptors (Lipinski definition) is 4. The Hall–Kier alpha value is -2.86. The molecule has 1 saturated heterocycles. The lowest BCUT2D eigenvalue weighted by molar-refractivity contribution is 0.313. The highest BCUT2D eigenvalue weighted by molar-refractivity contribution is 5.95. The number of fused-ring (bicyclic) bond motifs is 3. The molecule has 6 nitrogen and oxygen atoms in total. The van der Waals surface area contributed by atoms with Gasteiger partial charge in [-0.05, 0) is 38.6 Å². The molecule has 4 aliphatic rings. The molecule has 6 heteroatoms. The van der Waals surface area contributed by atoms with E-state index in [1.54, 1.807) is 10.9 Å². The van der Waals surface area contributed by atoms with Crippen molar-refractivity contribution in [3.05, 3.63) is 59.1 Å². The van der Waals surface area contributed by atoms with Gasteiger partial charge in [-0.1, -0.05) is 24.3 Å². The van der Waals surface area contributed by atoms with Crippen LogP contribution in [0, 0.1) is 0 Å². The lowest BCUT2D eigenvalue weighted by Crippen LogP contribution is -2.44. The number of likely N-dealkylation sites (N-methyl/N-ethyl adjacent to an activating group) is 1. The van der Waals surface area contributed by atoms with Crippen LogP contribution in [0.1, 0.15) is 13.3 Å². The minimum atomic E-state index is -0.424. The van der Waals surface area contributed by atoms with E-state index in [1.165, 1.54) is 5.69 Å². The van der Waals surface area contributed by atoms with Crippen LogP contribution < -0.4 is 10.5 Å². The smallest absolute Gasteiger partial charge is 0.278 e. The Morgan fingerprint density at radius 3 is 2.71 bits per heavy atom. The van der Waals surface area contributed by atoms with Crippen LogP contribution in [0.4, 0.5) is 5.69 Å². The zero-order chi connectivity index (χ0) is 19.3. The fourth-order valence-corrected chi connectivity index (χ4v) is 4.23. The van der Waals surface area contributed by atoms with Gasteiger partial charge in [0.25, 0.3) is 5.56 Å². The van der Waals surface area contributed by atoms with Crippen molar-refractivity contribution in [2.45, 2.75) is 18.9 Å². The zero-order valence-corrected chi connectivity index (χ0v) is 16.4. The Bertz CT molecular complexity index is 1120. The quantitative estimate of drug-likeness (QED) is 0.748. The van der Waals surface area contributed by atoms with Gasteiger partial charge in [-0.3, -0.25) is 4.79 Å². The first kappa shape index (κ1) is 17.3. The van der Waals surface area contributed by atoms with E-state index in [2.05, 4.69) is 59.1 Å². The number of aromatic amines is 1. The molecule has 0 amide bonds. The minimum Gasteiger partial charge on any atom is -0.369 e. The number of benzene rings is 1. The first-order chi connectivity index (χ1) is 13.5. The maximum absolute atomic E-state index is 13.1. The van der Waals surface area contributed by atoms with E-state index < -0.39 is 5.54 Å². The maximum Gasteiger partial charge on any atom is 0.278 e. The topological polar surface area (TPSA) is 57.2 Å². The summed E-state index contributed by atoms with van der Waals surface area (Å²) in [5, 5.41) is 5.81. The van der Waals surface area contributed by atoms with E-state index in [1.807, 2.05) is 12.2 Å². The lowest BCUT2D eigenvalue weighted by Gasteiger charge is -2.34. The number of aromatic nitrogens is 3. The van der Waals surface area contributed by atoms with Gasteiger partial charge in [0.2, 0.25) is 0 Å². The van der Waals surface area contributed by atoms with Crippen LogP contribution in [0.2, 0.25) is 0 Å². The number of anilines is 1. The molecule has 144 valence electrons. The van der Waals surface area contributed by atoms with Gasteiger partial charge < -0.3 is 14.8 Å². The second-order valence-electron chi connectivity index (χ2n) is 8.14. The third-order valence-electron chi connectivity index (χ3n) is 6.09. The molecule has 1 aromatic carbocycles. The number of H-pyrrole nitrogens is 1. The van der Waals surface area contributed by atoms with Crippen molar-refractivity contribution < 1.29 is 0 Å². The second kappa shape index (κ2) is 6.34. The molecular weight excluding hydrogens is 350 g/mol. The van der Waals surface area contributed by atoms with E-state index in [9.17, 15) is 4.79 Å². The SMILES string of the molecule is CN1CCN(c2ccc3[nH]cc4c(=O)n(C5(C)C=CC=CC5)nc-4c3c2)CC1. The standard InChI is InChI=1S/C22H25N5O/c1-22(8-4-3-5-9-22)27-21(28)18-15-23-19-7-6-16(14-17(19)20(18)24-27)26-12-10-25(2)11-13-26/h3-8,14-15,23H,9-13H2,1-2H3. The van der Waals surface area contributed by atoms with Crippen LogP contribution >= 0.6 is 0 Å². The molecule has 0 radical (unpaired) electrons. The molecule has 1 N–H and O–H groups in total. The number of hydrogen-bond donors (Lipinski definition) is 1. The van der Waals surface area contributed by atoms with Gasteiger partial charge in [0.05, 0.1) is 11.1 Å².